The Hall–Kier alpha value is -0.140. The van der Waals surface area contributed by atoms with Crippen molar-refractivity contribution in [3.8, 4) is 0 Å². The third-order valence-electron chi connectivity index (χ3n) is 1.74. The van der Waals surface area contributed by atoms with Crippen molar-refractivity contribution in [2.24, 2.45) is 0 Å². The van der Waals surface area contributed by atoms with Gasteiger partial charge in [-0.05, 0) is 12.8 Å². The summed E-state index contributed by atoms with van der Waals surface area (Å²) in [5, 5.41) is 0. The van der Waals surface area contributed by atoms with Crippen LogP contribution >= 0.6 is 0 Å². The maximum Gasteiger partial charge on any atom is 0.260 e. The Labute approximate surface area is 40.5 Å². The number of halogens is 2. The second kappa shape index (κ2) is 0.721. The normalized spacial score (nSPS) is 36.9. The van der Waals surface area contributed by atoms with Crippen LogP contribution in [0.1, 0.15) is 12.8 Å². The molecule has 7 heavy (non-hydrogen) atoms. The highest BCUT2D eigenvalue weighted by atomic mass is 19.3. The topological polar surface area (TPSA) is 0 Å². The molecule has 3 aliphatic rings. The molecule has 0 spiro atoms. The van der Waals surface area contributed by atoms with Crippen LogP contribution in [0.3, 0.4) is 0 Å². The summed E-state index contributed by atoms with van der Waals surface area (Å²) >= 11 is 0. The van der Waals surface area contributed by atoms with Gasteiger partial charge in [-0.15, -0.1) is 0 Å². The molecule has 0 amide bonds. The lowest BCUT2D eigenvalue weighted by molar-refractivity contribution is -0.0784. The Bertz CT molecular complexity index is 92.6. The highest BCUT2D eigenvalue weighted by Crippen LogP contribution is 2.67. The molecule has 38 valence electrons. The summed E-state index contributed by atoms with van der Waals surface area (Å²) in [7, 11) is 0. The van der Waals surface area contributed by atoms with Crippen LogP contribution in [0.15, 0.2) is 0 Å². The third kappa shape index (κ3) is 0.221. The van der Waals surface area contributed by atoms with Crippen LogP contribution in [0.25, 0.3) is 0 Å². The molecule has 3 rings (SSSR count). The minimum atomic E-state index is -2.39. The van der Waals surface area contributed by atoms with Crippen molar-refractivity contribution in [1.82, 2.24) is 0 Å². The molecule has 2 bridgehead atoms. The molecule has 0 saturated heterocycles. The average molecular weight is 102 g/mol. The molecule has 0 aromatic heterocycles. The SMILES string of the molecule is FC1(F)[C]2C[C]1C2. The van der Waals surface area contributed by atoms with Gasteiger partial charge in [-0.3, -0.25) is 0 Å². The summed E-state index contributed by atoms with van der Waals surface area (Å²) in [5.41, 5.74) is 0. The summed E-state index contributed by atoms with van der Waals surface area (Å²) in [5.74, 6) is -1.50. The van der Waals surface area contributed by atoms with E-state index in [1.165, 1.54) is 0 Å². The van der Waals surface area contributed by atoms with E-state index in [0.717, 1.165) is 0 Å². The van der Waals surface area contributed by atoms with Gasteiger partial charge < -0.3 is 0 Å². The first-order valence-electron chi connectivity index (χ1n) is 2.29. The highest BCUT2D eigenvalue weighted by Gasteiger charge is 2.68. The summed E-state index contributed by atoms with van der Waals surface area (Å²) < 4.78 is 23.8. The molecule has 0 aliphatic heterocycles. The summed E-state index contributed by atoms with van der Waals surface area (Å²) in [6.07, 6.45) is 1.26. The van der Waals surface area contributed by atoms with Gasteiger partial charge in [0, 0.05) is 11.8 Å². The fourth-order valence-corrected chi connectivity index (χ4v) is 0.944. The van der Waals surface area contributed by atoms with Crippen molar-refractivity contribution in [2.75, 3.05) is 0 Å². The van der Waals surface area contributed by atoms with Crippen LogP contribution in [0.4, 0.5) is 8.78 Å². The lowest BCUT2D eigenvalue weighted by Crippen LogP contribution is -2.57. The Morgan fingerprint density at radius 2 is 1.43 bits per heavy atom. The maximum absolute atomic E-state index is 11.9. The minimum absolute atomic E-state index is 0.447. The summed E-state index contributed by atoms with van der Waals surface area (Å²) in [6, 6.07) is 0. The van der Waals surface area contributed by atoms with Gasteiger partial charge in [0.1, 0.15) is 0 Å². The van der Waals surface area contributed by atoms with Crippen molar-refractivity contribution in [1.29, 1.82) is 0 Å². The van der Waals surface area contributed by atoms with Gasteiger partial charge in [-0.2, -0.15) is 0 Å². The summed E-state index contributed by atoms with van der Waals surface area (Å²) in [6.45, 7) is 0. The summed E-state index contributed by atoms with van der Waals surface area (Å²) in [4.78, 5) is 0. The molecule has 0 nitrogen and oxygen atoms in total. The van der Waals surface area contributed by atoms with Gasteiger partial charge in [0.2, 0.25) is 0 Å². The molecule has 0 N–H and O–H groups in total. The van der Waals surface area contributed by atoms with Crippen LogP contribution in [0.2, 0.25) is 0 Å². The first-order valence-corrected chi connectivity index (χ1v) is 2.29. The first-order chi connectivity index (χ1) is 3.21. The maximum atomic E-state index is 11.9. The predicted octanol–water partition coefficient (Wildman–Crippen LogP) is 1.58. The van der Waals surface area contributed by atoms with Crippen LogP contribution in [-0.2, 0) is 0 Å². The van der Waals surface area contributed by atoms with Gasteiger partial charge in [0.05, 0.1) is 0 Å². The van der Waals surface area contributed by atoms with Gasteiger partial charge in [-0.25, -0.2) is 8.78 Å². The lowest BCUT2D eigenvalue weighted by Gasteiger charge is -2.55. The van der Waals surface area contributed by atoms with Crippen LogP contribution < -0.4 is 0 Å². The zero-order chi connectivity index (χ0) is 5.07. The van der Waals surface area contributed by atoms with Crippen LogP contribution in [0, 0.1) is 11.8 Å². The second-order valence-electron chi connectivity index (χ2n) is 2.14. The van der Waals surface area contributed by atoms with Crippen molar-refractivity contribution >= 4 is 0 Å². The van der Waals surface area contributed by atoms with E-state index in [2.05, 4.69) is 0 Å². The Kier molecular flexibility index (Phi) is 0.392. The molecule has 0 atom stereocenters. The Morgan fingerprint density at radius 3 is 1.43 bits per heavy atom. The van der Waals surface area contributed by atoms with Crippen molar-refractivity contribution in [3.63, 3.8) is 0 Å². The van der Waals surface area contributed by atoms with Gasteiger partial charge in [-0.1, -0.05) is 0 Å². The Morgan fingerprint density at radius 1 is 1.14 bits per heavy atom. The quantitative estimate of drug-likeness (QED) is 0.435. The number of alkyl halides is 2. The number of hydrogen-bond donors (Lipinski definition) is 0. The lowest BCUT2D eigenvalue weighted by atomic mass is 9.53. The molecule has 3 saturated carbocycles. The highest BCUT2D eigenvalue weighted by molar-refractivity contribution is 5.47. The molecule has 3 aliphatic carbocycles. The fraction of sp³-hybridized carbons (Fsp3) is 0.600. The zero-order valence-electron chi connectivity index (χ0n) is 3.67. The molecule has 0 aromatic rings. The first kappa shape index (κ1) is 3.81. The van der Waals surface area contributed by atoms with E-state index in [9.17, 15) is 8.78 Å². The molecular weight excluding hydrogens is 98.1 g/mol. The standard InChI is InChI=1S/C5H4F2/c6-5(7)3-1-4(5)2-3/h1-2H2. The second-order valence-corrected chi connectivity index (χ2v) is 2.14. The monoisotopic (exact) mass is 102 g/mol. The van der Waals surface area contributed by atoms with E-state index in [0.29, 0.717) is 24.7 Å². The third-order valence-corrected chi connectivity index (χ3v) is 1.74. The molecule has 2 heteroatoms. The van der Waals surface area contributed by atoms with E-state index in [4.69, 9.17) is 0 Å². The zero-order valence-corrected chi connectivity index (χ0v) is 3.67. The smallest absolute Gasteiger partial charge is 0.206 e. The van der Waals surface area contributed by atoms with E-state index < -0.39 is 5.92 Å². The molecule has 0 unspecified atom stereocenters. The number of hydrogen-bond acceptors (Lipinski definition) is 0. The van der Waals surface area contributed by atoms with E-state index >= 15 is 0 Å². The van der Waals surface area contributed by atoms with E-state index in [1.807, 2.05) is 0 Å². The average Bonchev–Trinajstić information content (AvgIpc) is 1.26. The van der Waals surface area contributed by atoms with E-state index in [-0.39, 0.29) is 0 Å². The molecule has 3 fully saturated rings. The largest absolute Gasteiger partial charge is 0.260 e. The van der Waals surface area contributed by atoms with Crippen molar-refractivity contribution < 1.29 is 8.78 Å². The molecular formula is C5H4F2. The van der Waals surface area contributed by atoms with Crippen LogP contribution in [-0.4, -0.2) is 5.92 Å². The molecule has 0 aromatic carbocycles. The van der Waals surface area contributed by atoms with Crippen LogP contribution in [0.5, 0.6) is 0 Å². The predicted molar refractivity (Wildman–Crippen MR) is 20.7 cm³/mol. The van der Waals surface area contributed by atoms with Gasteiger partial charge in [0.25, 0.3) is 5.92 Å². The molecule has 2 radical (unpaired) electrons. The Balaban J connectivity index is 2.18. The van der Waals surface area contributed by atoms with Gasteiger partial charge in [0.15, 0.2) is 0 Å². The minimum Gasteiger partial charge on any atom is -0.206 e. The van der Waals surface area contributed by atoms with E-state index in [1.54, 1.807) is 0 Å². The number of rotatable bonds is 0. The van der Waals surface area contributed by atoms with Crippen molar-refractivity contribution in [2.45, 2.75) is 18.8 Å². The molecule has 0 heterocycles. The fourth-order valence-electron chi connectivity index (χ4n) is 0.944. The van der Waals surface area contributed by atoms with Gasteiger partial charge >= 0.3 is 0 Å². The van der Waals surface area contributed by atoms with Crippen molar-refractivity contribution in [3.05, 3.63) is 11.8 Å².